The molecule has 0 aliphatic carbocycles. The zero-order valence-corrected chi connectivity index (χ0v) is 10.1. The van der Waals surface area contributed by atoms with Gasteiger partial charge in [0.15, 0.2) is 6.29 Å². The molecule has 5 nitrogen and oxygen atoms in total. The van der Waals surface area contributed by atoms with Gasteiger partial charge >= 0.3 is 5.97 Å². The SMILES string of the molecule is CC(=O)Oc1c(C)cnc2c1CO[C@H](C)OC2. The molecule has 0 N–H and O–H groups in total. The molecule has 17 heavy (non-hydrogen) atoms. The fraction of sp³-hybridized carbons (Fsp3) is 0.500. The number of nitrogens with zero attached hydrogens (tertiary/aromatic N) is 1. The first-order valence-electron chi connectivity index (χ1n) is 5.47. The van der Waals surface area contributed by atoms with Gasteiger partial charge in [0, 0.05) is 24.2 Å². The molecule has 0 radical (unpaired) electrons. The molecule has 0 aromatic carbocycles. The first-order chi connectivity index (χ1) is 8.08. The molecule has 1 aliphatic rings. The van der Waals surface area contributed by atoms with Crippen LogP contribution in [0.4, 0.5) is 0 Å². The van der Waals surface area contributed by atoms with Gasteiger partial charge < -0.3 is 14.2 Å². The Labute approximate surface area is 99.7 Å². The number of esters is 1. The topological polar surface area (TPSA) is 57.7 Å². The second kappa shape index (κ2) is 4.81. The highest BCUT2D eigenvalue weighted by Gasteiger charge is 2.20. The highest BCUT2D eigenvalue weighted by Crippen LogP contribution is 2.29. The van der Waals surface area contributed by atoms with Crippen LogP contribution in [0, 0.1) is 6.92 Å². The first-order valence-corrected chi connectivity index (χ1v) is 5.47. The summed E-state index contributed by atoms with van der Waals surface area (Å²) in [7, 11) is 0. The maximum Gasteiger partial charge on any atom is 0.308 e. The van der Waals surface area contributed by atoms with Gasteiger partial charge in [-0.1, -0.05) is 0 Å². The van der Waals surface area contributed by atoms with Crippen molar-refractivity contribution in [1.29, 1.82) is 0 Å². The lowest BCUT2D eigenvalue weighted by Crippen LogP contribution is -2.09. The Morgan fingerprint density at radius 2 is 2.18 bits per heavy atom. The molecular weight excluding hydrogens is 222 g/mol. The molecular formula is C12H15NO4. The van der Waals surface area contributed by atoms with E-state index in [9.17, 15) is 4.79 Å². The second-order valence-electron chi connectivity index (χ2n) is 3.98. The van der Waals surface area contributed by atoms with Crippen LogP contribution in [0.5, 0.6) is 5.75 Å². The van der Waals surface area contributed by atoms with Gasteiger partial charge in [-0.05, 0) is 13.8 Å². The van der Waals surface area contributed by atoms with Crippen molar-refractivity contribution in [2.24, 2.45) is 0 Å². The van der Waals surface area contributed by atoms with Crippen LogP contribution in [0.2, 0.25) is 0 Å². The van der Waals surface area contributed by atoms with Crippen molar-refractivity contribution in [2.75, 3.05) is 0 Å². The van der Waals surface area contributed by atoms with Gasteiger partial charge in [-0.3, -0.25) is 9.78 Å². The van der Waals surface area contributed by atoms with E-state index in [1.807, 2.05) is 13.8 Å². The lowest BCUT2D eigenvalue weighted by Gasteiger charge is -2.12. The number of hydrogen-bond acceptors (Lipinski definition) is 5. The predicted octanol–water partition coefficient (Wildman–Crippen LogP) is 1.71. The lowest BCUT2D eigenvalue weighted by atomic mass is 10.1. The molecule has 2 heterocycles. The molecule has 0 fully saturated rings. The Morgan fingerprint density at radius 1 is 1.47 bits per heavy atom. The van der Waals surface area contributed by atoms with Gasteiger partial charge in [0.05, 0.1) is 18.9 Å². The van der Waals surface area contributed by atoms with E-state index in [0.717, 1.165) is 16.8 Å². The van der Waals surface area contributed by atoms with E-state index >= 15 is 0 Å². The van der Waals surface area contributed by atoms with Gasteiger partial charge in [-0.25, -0.2) is 0 Å². The van der Waals surface area contributed by atoms with Crippen LogP contribution in [-0.2, 0) is 27.5 Å². The number of hydrogen-bond donors (Lipinski definition) is 0. The van der Waals surface area contributed by atoms with Crippen molar-refractivity contribution in [1.82, 2.24) is 4.98 Å². The van der Waals surface area contributed by atoms with Gasteiger partial charge in [-0.2, -0.15) is 0 Å². The van der Waals surface area contributed by atoms with Crippen molar-refractivity contribution < 1.29 is 19.0 Å². The van der Waals surface area contributed by atoms with Crippen molar-refractivity contribution in [3.63, 3.8) is 0 Å². The van der Waals surface area contributed by atoms with E-state index in [-0.39, 0.29) is 12.3 Å². The second-order valence-corrected chi connectivity index (χ2v) is 3.98. The summed E-state index contributed by atoms with van der Waals surface area (Å²) in [6.07, 6.45) is 1.39. The monoisotopic (exact) mass is 237 g/mol. The molecule has 0 bridgehead atoms. The smallest absolute Gasteiger partial charge is 0.308 e. The Bertz CT molecular complexity index is 444. The number of carbonyl (C=O) groups is 1. The predicted molar refractivity (Wildman–Crippen MR) is 59.3 cm³/mol. The Kier molecular flexibility index (Phi) is 3.40. The molecule has 1 atom stereocenters. The van der Waals surface area contributed by atoms with E-state index in [1.165, 1.54) is 6.92 Å². The fourth-order valence-electron chi connectivity index (χ4n) is 1.68. The quantitative estimate of drug-likeness (QED) is 0.696. The minimum atomic E-state index is -0.347. The number of rotatable bonds is 1. The number of aryl methyl sites for hydroxylation is 1. The third-order valence-corrected chi connectivity index (χ3v) is 2.56. The number of fused-ring (bicyclic) bond motifs is 1. The number of pyridine rings is 1. The molecule has 0 saturated carbocycles. The minimum absolute atomic E-state index is 0.283. The summed E-state index contributed by atoms with van der Waals surface area (Å²) in [5.41, 5.74) is 2.37. The van der Waals surface area contributed by atoms with E-state index in [1.54, 1.807) is 6.20 Å². The summed E-state index contributed by atoms with van der Waals surface area (Å²) < 4.78 is 16.1. The average Bonchev–Trinajstić information content (AvgIpc) is 2.45. The van der Waals surface area contributed by atoms with E-state index in [0.29, 0.717) is 19.0 Å². The summed E-state index contributed by atoms with van der Waals surface area (Å²) >= 11 is 0. The van der Waals surface area contributed by atoms with Gasteiger partial charge in [0.2, 0.25) is 0 Å². The van der Waals surface area contributed by atoms with Crippen molar-refractivity contribution in [3.8, 4) is 5.75 Å². The molecule has 0 amide bonds. The molecule has 1 aliphatic heterocycles. The maximum absolute atomic E-state index is 11.1. The third-order valence-electron chi connectivity index (χ3n) is 2.56. The van der Waals surface area contributed by atoms with Crippen LogP contribution in [0.1, 0.15) is 30.7 Å². The molecule has 0 unspecified atom stereocenters. The average molecular weight is 237 g/mol. The van der Waals surface area contributed by atoms with E-state index < -0.39 is 0 Å². The standard InChI is InChI=1S/C12H15NO4/c1-7-4-13-11-6-16-9(3)15-5-10(11)12(7)17-8(2)14/h4,9H,5-6H2,1-3H3/t9-/m0/s1. The summed E-state index contributed by atoms with van der Waals surface area (Å²) in [4.78, 5) is 15.4. The summed E-state index contributed by atoms with van der Waals surface area (Å²) in [6.45, 7) is 5.76. The van der Waals surface area contributed by atoms with Crippen molar-refractivity contribution in [2.45, 2.75) is 40.3 Å². The van der Waals surface area contributed by atoms with Crippen LogP contribution in [0.15, 0.2) is 6.20 Å². The molecule has 92 valence electrons. The molecule has 2 rings (SSSR count). The summed E-state index contributed by atoms with van der Waals surface area (Å²) in [6, 6.07) is 0. The molecule has 0 saturated heterocycles. The van der Waals surface area contributed by atoms with Crippen LogP contribution in [0.3, 0.4) is 0 Å². The van der Waals surface area contributed by atoms with Crippen LogP contribution in [0.25, 0.3) is 0 Å². The lowest BCUT2D eigenvalue weighted by molar-refractivity contribution is -0.137. The minimum Gasteiger partial charge on any atom is -0.426 e. The van der Waals surface area contributed by atoms with E-state index in [4.69, 9.17) is 14.2 Å². The van der Waals surface area contributed by atoms with Crippen LogP contribution < -0.4 is 4.74 Å². The number of aromatic nitrogens is 1. The number of carbonyl (C=O) groups excluding carboxylic acids is 1. The maximum atomic E-state index is 11.1. The highest BCUT2D eigenvalue weighted by atomic mass is 16.7. The van der Waals surface area contributed by atoms with Gasteiger partial charge in [-0.15, -0.1) is 0 Å². The molecule has 0 spiro atoms. The van der Waals surface area contributed by atoms with E-state index in [2.05, 4.69) is 4.98 Å². The van der Waals surface area contributed by atoms with Crippen LogP contribution in [-0.4, -0.2) is 17.2 Å². The third kappa shape index (κ3) is 2.62. The van der Waals surface area contributed by atoms with Crippen molar-refractivity contribution >= 4 is 5.97 Å². The van der Waals surface area contributed by atoms with Crippen molar-refractivity contribution in [3.05, 3.63) is 23.0 Å². The zero-order chi connectivity index (χ0) is 12.4. The molecule has 1 aromatic rings. The van der Waals surface area contributed by atoms with Gasteiger partial charge in [0.25, 0.3) is 0 Å². The van der Waals surface area contributed by atoms with Gasteiger partial charge in [0.1, 0.15) is 5.75 Å². The zero-order valence-electron chi connectivity index (χ0n) is 10.1. The normalized spacial score (nSPS) is 19.4. The number of ether oxygens (including phenoxy) is 3. The Hall–Kier alpha value is -1.46. The fourth-order valence-corrected chi connectivity index (χ4v) is 1.68. The molecule has 5 heteroatoms. The first kappa shape index (κ1) is 12.0. The molecule has 1 aromatic heterocycles. The summed E-state index contributed by atoms with van der Waals surface area (Å²) in [5, 5.41) is 0. The van der Waals surface area contributed by atoms with Crippen LogP contribution >= 0.6 is 0 Å². The highest BCUT2D eigenvalue weighted by molar-refractivity contribution is 5.70. The Morgan fingerprint density at radius 3 is 2.88 bits per heavy atom. The summed E-state index contributed by atoms with van der Waals surface area (Å²) in [5.74, 6) is 0.194. The Balaban J connectivity index is 2.41. The largest absolute Gasteiger partial charge is 0.426 e.